The second-order valence-electron chi connectivity index (χ2n) is 6.90. The van der Waals surface area contributed by atoms with Crippen LogP contribution in [0.4, 0.5) is 10.1 Å². The van der Waals surface area contributed by atoms with E-state index in [1.165, 1.54) is 17.4 Å². The third-order valence-electron chi connectivity index (χ3n) is 5.46. The van der Waals surface area contributed by atoms with Crippen molar-refractivity contribution in [3.63, 3.8) is 0 Å². The summed E-state index contributed by atoms with van der Waals surface area (Å²) < 4.78 is 14.0. The molecule has 5 heteroatoms. The molecule has 0 aliphatic carbocycles. The van der Waals surface area contributed by atoms with Crippen molar-refractivity contribution in [1.82, 2.24) is 4.90 Å². The Morgan fingerprint density at radius 2 is 2.12 bits per heavy atom. The number of likely N-dealkylation sites (tertiary alicyclic amines) is 1. The summed E-state index contributed by atoms with van der Waals surface area (Å²) >= 11 is 1.45. The van der Waals surface area contributed by atoms with E-state index in [9.17, 15) is 9.18 Å². The summed E-state index contributed by atoms with van der Waals surface area (Å²) in [6.07, 6.45) is 3.80. The molecule has 2 aliphatic heterocycles. The Morgan fingerprint density at radius 1 is 1.32 bits per heavy atom. The highest BCUT2D eigenvalue weighted by molar-refractivity contribution is 7.12. The molecule has 2 aliphatic rings. The number of fused-ring (bicyclic) bond motifs is 2. The van der Waals surface area contributed by atoms with Gasteiger partial charge < -0.3 is 4.90 Å². The molecule has 0 atom stereocenters. The Hall–Kier alpha value is -1.98. The lowest BCUT2D eigenvalue weighted by Gasteiger charge is -2.39. The van der Waals surface area contributed by atoms with E-state index >= 15 is 0 Å². The normalized spacial score (nSPS) is 19.2. The molecule has 3 nitrogen and oxygen atoms in total. The van der Waals surface area contributed by atoms with Gasteiger partial charge in [-0.05, 0) is 61.1 Å². The van der Waals surface area contributed by atoms with Gasteiger partial charge in [0.15, 0.2) is 0 Å². The van der Waals surface area contributed by atoms with E-state index in [2.05, 4.69) is 11.5 Å². The van der Waals surface area contributed by atoms with Crippen LogP contribution in [-0.4, -0.2) is 37.0 Å². The summed E-state index contributed by atoms with van der Waals surface area (Å²) in [5, 5.41) is 1.92. The molecule has 0 saturated carbocycles. The molecule has 3 heterocycles. The molecule has 1 fully saturated rings. The molecule has 0 radical (unpaired) electrons. The fraction of sp³-hybridized carbons (Fsp3) is 0.350. The second-order valence-corrected chi connectivity index (χ2v) is 7.85. The first kappa shape index (κ1) is 16.5. The summed E-state index contributed by atoms with van der Waals surface area (Å²) in [5.74, 6) is -0.203. The number of anilines is 1. The highest BCUT2D eigenvalue weighted by atomic mass is 32.1. The molecule has 1 aromatic heterocycles. The number of carbonyl (C=O) groups excluding carboxylic acids is 1. The molecule has 1 spiro atoms. The van der Waals surface area contributed by atoms with Crippen LogP contribution < -0.4 is 4.90 Å². The van der Waals surface area contributed by atoms with Gasteiger partial charge in [0, 0.05) is 24.2 Å². The first-order valence-corrected chi connectivity index (χ1v) is 9.50. The van der Waals surface area contributed by atoms with Gasteiger partial charge in [0.25, 0.3) is 5.91 Å². The van der Waals surface area contributed by atoms with Gasteiger partial charge in [-0.15, -0.1) is 17.9 Å². The van der Waals surface area contributed by atoms with Gasteiger partial charge in [-0.3, -0.25) is 9.69 Å². The number of thiophene rings is 1. The van der Waals surface area contributed by atoms with Crippen molar-refractivity contribution in [2.45, 2.75) is 18.3 Å². The van der Waals surface area contributed by atoms with E-state index in [0.717, 1.165) is 48.6 Å². The average molecular weight is 356 g/mol. The highest BCUT2D eigenvalue weighted by Crippen LogP contribution is 2.47. The number of piperidine rings is 1. The van der Waals surface area contributed by atoms with E-state index < -0.39 is 0 Å². The number of amides is 1. The standard InChI is InChI=1S/C20H21FN2OS/c1-2-9-22-10-7-20(8-11-22)14-23(19(24)18-4-3-12-25-18)17-6-5-15(21)13-16(17)20/h2-6,12-13H,1,7-11,14H2. The fourth-order valence-corrected chi connectivity index (χ4v) is 4.80. The van der Waals surface area contributed by atoms with E-state index in [0.29, 0.717) is 6.54 Å². The van der Waals surface area contributed by atoms with Crippen LogP contribution >= 0.6 is 11.3 Å². The van der Waals surface area contributed by atoms with Gasteiger partial charge in [-0.25, -0.2) is 4.39 Å². The van der Waals surface area contributed by atoms with Gasteiger partial charge in [-0.1, -0.05) is 12.1 Å². The molecule has 1 aromatic carbocycles. The molecule has 0 bridgehead atoms. The van der Waals surface area contributed by atoms with Crippen LogP contribution in [0, 0.1) is 5.82 Å². The maximum atomic E-state index is 14.0. The minimum atomic E-state index is -0.225. The number of carbonyl (C=O) groups is 1. The minimum Gasteiger partial charge on any atom is -0.306 e. The summed E-state index contributed by atoms with van der Waals surface area (Å²) in [6.45, 7) is 7.23. The van der Waals surface area contributed by atoms with Gasteiger partial charge in [0.2, 0.25) is 0 Å². The summed E-state index contributed by atoms with van der Waals surface area (Å²) in [7, 11) is 0. The summed E-state index contributed by atoms with van der Waals surface area (Å²) in [5.41, 5.74) is 1.73. The Labute approximate surface area is 151 Å². The number of rotatable bonds is 3. The quantitative estimate of drug-likeness (QED) is 0.774. The number of halogens is 1. The minimum absolute atomic E-state index is 0.0215. The monoisotopic (exact) mass is 356 g/mol. The predicted molar refractivity (Wildman–Crippen MR) is 99.9 cm³/mol. The van der Waals surface area contributed by atoms with Gasteiger partial charge in [-0.2, -0.15) is 0 Å². The van der Waals surface area contributed by atoms with Crippen molar-refractivity contribution in [1.29, 1.82) is 0 Å². The summed E-state index contributed by atoms with van der Waals surface area (Å²) in [4.78, 5) is 17.9. The molecule has 4 rings (SSSR count). The highest BCUT2D eigenvalue weighted by Gasteiger charge is 2.46. The Bertz CT molecular complexity index is 794. The van der Waals surface area contributed by atoms with Crippen LogP contribution in [0.5, 0.6) is 0 Å². The maximum absolute atomic E-state index is 14.0. The molecule has 0 unspecified atom stereocenters. The molecule has 1 saturated heterocycles. The van der Waals surface area contributed by atoms with E-state index in [-0.39, 0.29) is 17.1 Å². The van der Waals surface area contributed by atoms with E-state index in [1.54, 1.807) is 12.1 Å². The number of nitrogens with zero attached hydrogens (tertiary/aromatic N) is 2. The van der Waals surface area contributed by atoms with Crippen molar-refractivity contribution in [3.8, 4) is 0 Å². The Morgan fingerprint density at radius 3 is 2.80 bits per heavy atom. The lowest BCUT2D eigenvalue weighted by molar-refractivity contribution is 0.0981. The van der Waals surface area contributed by atoms with Crippen LogP contribution in [0.2, 0.25) is 0 Å². The first-order chi connectivity index (χ1) is 12.1. The lowest BCUT2D eigenvalue weighted by Crippen LogP contribution is -2.46. The topological polar surface area (TPSA) is 23.6 Å². The van der Waals surface area contributed by atoms with Gasteiger partial charge >= 0.3 is 0 Å². The van der Waals surface area contributed by atoms with Crippen molar-refractivity contribution in [2.75, 3.05) is 31.1 Å². The van der Waals surface area contributed by atoms with Crippen LogP contribution in [0.25, 0.3) is 0 Å². The molecule has 2 aromatic rings. The second kappa shape index (κ2) is 6.39. The lowest BCUT2D eigenvalue weighted by atomic mass is 9.74. The van der Waals surface area contributed by atoms with Crippen LogP contribution in [0.3, 0.4) is 0 Å². The molecular formula is C20H21FN2OS. The zero-order valence-electron chi connectivity index (χ0n) is 14.1. The first-order valence-electron chi connectivity index (χ1n) is 8.62. The van der Waals surface area contributed by atoms with E-state index in [4.69, 9.17) is 0 Å². The molecule has 25 heavy (non-hydrogen) atoms. The Kier molecular flexibility index (Phi) is 4.21. The third-order valence-corrected chi connectivity index (χ3v) is 6.32. The van der Waals surface area contributed by atoms with Crippen molar-refractivity contribution < 1.29 is 9.18 Å². The number of benzene rings is 1. The average Bonchev–Trinajstić information content (AvgIpc) is 3.25. The molecular weight excluding hydrogens is 335 g/mol. The smallest absolute Gasteiger partial charge is 0.268 e. The number of hydrogen-bond donors (Lipinski definition) is 0. The molecule has 130 valence electrons. The van der Waals surface area contributed by atoms with Crippen LogP contribution in [0.1, 0.15) is 28.1 Å². The van der Waals surface area contributed by atoms with Gasteiger partial charge in [0.05, 0.1) is 4.88 Å². The maximum Gasteiger partial charge on any atom is 0.268 e. The van der Waals surface area contributed by atoms with Crippen molar-refractivity contribution in [3.05, 3.63) is 64.6 Å². The summed E-state index contributed by atoms with van der Waals surface area (Å²) in [6, 6.07) is 8.61. The van der Waals surface area contributed by atoms with E-state index in [1.807, 2.05) is 28.5 Å². The fourth-order valence-electron chi connectivity index (χ4n) is 4.13. The zero-order chi connectivity index (χ0) is 17.4. The molecule has 0 N–H and O–H groups in total. The van der Waals surface area contributed by atoms with Crippen molar-refractivity contribution in [2.24, 2.45) is 0 Å². The Balaban J connectivity index is 1.68. The van der Waals surface area contributed by atoms with Gasteiger partial charge in [0.1, 0.15) is 5.82 Å². The largest absolute Gasteiger partial charge is 0.306 e. The zero-order valence-corrected chi connectivity index (χ0v) is 14.9. The van der Waals surface area contributed by atoms with Crippen LogP contribution in [0.15, 0.2) is 48.4 Å². The SMILES string of the molecule is C=CCN1CCC2(CC1)CN(C(=O)c1cccs1)c1ccc(F)cc12. The third kappa shape index (κ3) is 2.81. The number of hydrogen-bond acceptors (Lipinski definition) is 3. The molecule has 1 amide bonds. The predicted octanol–water partition coefficient (Wildman–Crippen LogP) is 4.07. The van der Waals surface area contributed by atoms with Crippen molar-refractivity contribution >= 4 is 22.9 Å². The van der Waals surface area contributed by atoms with Crippen LogP contribution in [-0.2, 0) is 5.41 Å².